The van der Waals surface area contributed by atoms with E-state index in [0.29, 0.717) is 11.6 Å². The average Bonchev–Trinajstić information content (AvgIpc) is 3.08. The van der Waals surface area contributed by atoms with Gasteiger partial charge < -0.3 is 9.88 Å². The Hall–Kier alpha value is -2.93. The van der Waals surface area contributed by atoms with Gasteiger partial charge in [0.15, 0.2) is 5.65 Å². The third kappa shape index (κ3) is 5.05. The summed E-state index contributed by atoms with van der Waals surface area (Å²) in [4.78, 5) is 16.6. The molecule has 7 heteroatoms. The van der Waals surface area contributed by atoms with Gasteiger partial charge in [0.1, 0.15) is 5.52 Å². The highest BCUT2D eigenvalue weighted by Gasteiger charge is 2.15. The van der Waals surface area contributed by atoms with E-state index in [9.17, 15) is 4.79 Å². The SMILES string of the molecule is CCCNC(=O)CCCSc1nnc2c3cc(C)ccc3n(Cc3ccccc3)c2n1. The Morgan fingerprint density at radius 3 is 2.77 bits per heavy atom. The van der Waals surface area contributed by atoms with Crippen LogP contribution in [0.15, 0.2) is 53.7 Å². The number of benzene rings is 2. The van der Waals surface area contributed by atoms with E-state index < -0.39 is 0 Å². The van der Waals surface area contributed by atoms with Crippen molar-refractivity contribution in [2.45, 2.75) is 44.8 Å². The highest BCUT2D eigenvalue weighted by Crippen LogP contribution is 2.29. The largest absolute Gasteiger partial charge is 0.356 e. The van der Waals surface area contributed by atoms with Crippen LogP contribution in [0.2, 0.25) is 0 Å². The summed E-state index contributed by atoms with van der Waals surface area (Å²) in [6.45, 7) is 5.60. The van der Waals surface area contributed by atoms with Crippen molar-refractivity contribution in [2.75, 3.05) is 12.3 Å². The quantitative estimate of drug-likeness (QED) is 0.305. The van der Waals surface area contributed by atoms with E-state index in [1.807, 2.05) is 6.07 Å². The van der Waals surface area contributed by atoms with Crippen LogP contribution < -0.4 is 5.32 Å². The molecular weight excluding hydrogens is 406 g/mol. The fraction of sp³-hybridized carbons (Fsp3) is 0.333. The van der Waals surface area contributed by atoms with Crippen molar-refractivity contribution in [1.29, 1.82) is 0 Å². The van der Waals surface area contributed by atoms with Gasteiger partial charge >= 0.3 is 0 Å². The molecule has 6 nitrogen and oxygen atoms in total. The lowest BCUT2D eigenvalue weighted by Gasteiger charge is -2.07. The standard InChI is InChI=1S/C24H27N5OS/c1-3-13-25-21(30)10-7-14-31-24-26-23-22(27-28-24)19-15-17(2)11-12-20(19)29(23)16-18-8-5-4-6-9-18/h4-6,8-9,11-12,15H,3,7,10,13-14,16H2,1-2H3,(H,25,30). The molecule has 4 rings (SSSR count). The molecule has 2 aromatic carbocycles. The fourth-order valence-corrected chi connectivity index (χ4v) is 4.31. The Bertz CT molecular complexity index is 1190. The number of hydrogen-bond acceptors (Lipinski definition) is 5. The van der Waals surface area contributed by atoms with Crippen LogP contribution in [0.3, 0.4) is 0 Å². The summed E-state index contributed by atoms with van der Waals surface area (Å²) in [6, 6.07) is 16.8. The molecule has 1 N–H and O–H groups in total. The van der Waals surface area contributed by atoms with Crippen LogP contribution in [0.25, 0.3) is 22.1 Å². The van der Waals surface area contributed by atoms with Crippen molar-refractivity contribution in [2.24, 2.45) is 0 Å². The first kappa shape index (κ1) is 21.3. The number of nitrogens with zero attached hydrogens (tertiary/aromatic N) is 4. The van der Waals surface area contributed by atoms with Crippen molar-refractivity contribution in [3.63, 3.8) is 0 Å². The van der Waals surface area contributed by atoms with Crippen LogP contribution in [0.4, 0.5) is 0 Å². The molecule has 0 saturated carbocycles. The molecule has 0 aliphatic carbocycles. The topological polar surface area (TPSA) is 72.7 Å². The highest BCUT2D eigenvalue weighted by molar-refractivity contribution is 7.99. The number of aromatic nitrogens is 4. The number of amides is 1. The zero-order valence-electron chi connectivity index (χ0n) is 18.0. The minimum absolute atomic E-state index is 0.107. The van der Waals surface area contributed by atoms with E-state index in [0.717, 1.165) is 53.8 Å². The molecule has 0 bridgehead atoms. The molecule has 2 heterocycles. The van der Waals surface area contributed by atoms with Crippen molar-refractivity contribution in [1.82, 2.24) is 25.1 Å². The molecule has 0 spiro atoms. The van der Waals surface area contributed by atoms with Crippen molar-refractivity contribution < 1.29 is 4.79 Å². The second-order valence-electron chi connectivity index (χ2n) is 7.66. The fourth-order valence-electron chi connectivity index (χ4n) is 3.59. The minimum Gasteiger partial charge on any atom is -0.356 e. The lowest BCUT2D eigenvalue weighted by molar-refractivity contribution is -0.121. The van der Waals surface area contributed by atoms with Crippen molar-refractivity contribution >= 4 is 39.7 Å². The smallest absolute Gasteiger partial charge is 0.220 e. The van der Waals surface area contributed by atoms with Gasteiger partial charge in [-0.2, -0.15) is 0 Å². The molecule has 0 atom stereocenters. The second kappa shape index (κ2) is 9.92. The van der Waals surface area contributed by atoms with Gasteiger partial charge in [-0.1, -0.05) is 60.6 Å². The summed E-state index contributed by atoms with van der Waals surface area (Å²) in [5.41, 5.74) is 5.20. The van der Waals surface area contributed by atoms with E-state index in [2.05, 4.69) is 76.4 Å². The molecule has 1 amide bonds. The first-order valence-electron chi connectivity index (χ1n) is 10.7. The van der Waals surface area contributed by atoms with Crippen LogP contribution >= 0.6 is 11.8 Å². The lowest BCUT2D eigenvalue weighted by atomic mass is 10.1. The van der Waals surface area contributed by atoms with E-state index in [1.54, 1.807) is 11.8 Å². The molecule has 0 aliphatic heterocycles. The zero-order valence-corrected chi connectivity index (χ0v) is 18.8. The monoisotopic (exact) mass is 433 g/mol. The number of nitrogens with one attached hydrogen (secondary N) is 1. The predicted molar refractivity (Wildman–Crippen MR) is 126 cm³/mol. The summed E-state index contributed by atoms with van der Waals surface area (Å²) in [5.74, 6) is 0.889. The van der Waals surface area contributed by atoms with E-state index >= 15 is 0 Å². The normalized spacial score (nSPS) is 11.3. The number of hydrogen-bond donors (Lipinski definition) is 1. The number of carbonyl (C=O) groups is 1. The van der Waals surface area contributed by atoms with E-state index in [4.69, 9.17) is 4.98 Å². The first-order chi connectivity index (χ1) is 15.2. The molecule has 160 valence electrons. The van der Waals surface area contributed by atoms with Gasteiger partial charge in [0, 0.05) is 30.6 Å². The Labute approximate surface area is 186 Å². The van der Waals surface area contributed by atoms with Crippen LogP contribution in [-0.4, -0.2) is 38.0 Å². The number of carbonyl (C=O) groups excluding carboxylic acids is 1. The highest BCUT2D eigenvalue weighted by atomic mass is 32.2. The molecule has 0 fully saturated rings. The predicted octanol–water partition coefficient (Wildman–Crippen LogP) is 4.73. The van der Waals surface area contributed by atoms with Crippen LogP contribution in [0.5, 0.6) is 0 Å². The van der Waals surface area contributed by atoms with Gasteiger partial charge in [-0.25, -0.2) is 4.98 Å². The molecule has 2 aromatic heterocycles. The maximum absolute atomic E-state index is 11.8. The maximum Gasteiger partial charge on any atom is 0.220 e. The van der Waals surface area contributed by atoms with E-state index in [-0.39, 0.29) is 5.91 Å². The summed E-state index contributed by atoms with van der Waals surface area (Å²) < 4.78 is 2.22. The van der Waals surface area contributed by atoms with Crippen LogP contribution in [0, 0.1) is 6.92 Å². The zero-order chi connectivity index (χ0) is 21.6. The molecule has 4 aromatic rings. The number of aryl methyl sites for hydroxylation is 1. The number of rotatable bonds is 9. The van der Waals surface area contributed by atoms with Gasteiger partial charge in [-0.3, -0.25) is 4.79 Å². The Morgan fingerprint density at radius 1 is 1.13 bits per heavy atom. The molecule has 0 saturated heterocycles. The molecule has 0 unspecified atom stereocenters. The van der Waals surface area contributed by atoms with Gasteiger partial charge in [0.25, 0.3) is 0 Å². The summed E-state index contributed by atoms with van der Waals surface area (Å²) >= 11 is 1.55. The number of fused-ring (bicyclic) bond motifs is 3. The Balaban J connectivity index is 1.58. The van der Waals surface area contributed by atoms with Gasteiger partial charge in [0.05, 0.1) is 5.52 Å². The number of thioether (sulfide) groups is 1. The van der Waals surface area contributed by atoms with Gasteiger partial charge in [-0.15, -0.1) is 10.2 Å². The molecule has 31 heavy (non-hydrogen) atoms. The molecule has 0 radical (unpaired) electrons. The van der Waals surface area contributed by atoms with Crippen molar-refractivity contribution in [3.8, 4) is 0 Å². The third-order valence-electron chi connectivity index (χ3n) is 5.14. The van der Waals surface area contributed by atoms with Crippen LogP contribution in [-0.2, 0) is 11.3 Å². The first-order valence-corrected chi connectivity index (χ1v) is 11.7. The van der Waals surface area contributed by atoms with Crippen molar-refractivity contribution in [3.05, 3.63) is 59.7 Å². The average molecular weight is 434 g/mol. The second-order valence-corrected chi connectivity index (χ2v) is 8.72. The Morgan fingerprint density at radius 2 is 1.97 bits per heavy atom. The summed E-state index contributed by atoms with van der Waals surface area (Å²) in [5, 5.41) is 13.5. The van der Waals surface area contributed by atoms with Gasteiger partial charge in [0.2, 0.25) is 11.1 Å². The summed E-state index contributed by atoms with van der Waals surface area (Å²) in [6.07, 6.45) is 2.26. The summed E-state index contributed by atoms with van der Waals surface area (Å²) in [7, 11) is 0. The van der Waals surface area contributed by atoms with Crippen LogP contribution in [0.1, 0.15) is 37.3 Å². The molecule has 0 aliphatic rings. The third-order valence-corrected chi connectivity index (χ3v) is 6.06. The minimum atomic E-state index is 0.107. The molecular formula is C24H27N5OS. The van der Waals surface area contributed by atoms with E-state index in [1.165, 1.54) is 11.1 Å². The Kier molecular flexibility index (Phi) is 6.82. The lowest BCUT2D eigenvalue weighted by Crippen LogP contribution is -2.23. The maximum atomic E-state index is 11.8. The van der Waals surface area contributed by atoms with Gasteiger partial charge in [-0.05, 0) is 37.5 Å².